The molecule has 0 saturated carbocycles. The number of hydrogen-bond acceptors (Lipinski definition) is 4. The minimum atomic E-state index is -0.985. The van der Waals surface area contributed by atoms with Crippen molar-refractivity contribution in [3.63, 3.8) is 0 Å². The van der Waals surface area contributed by atoms with Crippen LogP contribution in [0.25, 0.3) is 0 Å². The molecule has 7 nitrogen and oxygen atoms in total. The van der Waals surface area contributed by atoms with Crippen LogP contribution in [0.3, 0.4) is 0 Å². The predicted molar refractivity (Wildman–Crippen MR) is 109 cm³/mol. The van der Waals surface area contributed by atoms with Crippen molar-refractivity contribution in [1.82, 2.24) is 9.88 Å². The summed E-state index contributed by atoms with van der Waals surface area (Å²) < 4.78 is 0. The summed E-state index contributed by atoms with van der Waals surface area (Å²) in [4.78, 5) is 42.7. The maximum atomic E-state index is 12.9. The number of piperidine rings is 1. The molecular formula is C22H25N3O4. The fraction of sp³-hybridized carbons (Fsp3) is 0.364. The van der Waals surface area contributed by atoms with Crippen molar-refractivity contribution in [2.45, 2.75) is 44.6 Å². The first-order valence-electron chi connectivity index (χ1n) is 9.66. The molecular weight excluding hydrogens is 370 g/mol. The molecule has 0 bridgehead atoms. The van der Waals surface area contributed by atoms with E-state index in [1.54, 1.807) is 56.6 Å². The highest BCUT2D eigenvalue weighted by Crippen LogP contribution is 2.25. The van der Waals surface area contributed by atoms with Gasteiger partial charge in [-0.2, -0.15) is 0 Å². The third-order valence-electron chi connectivity index (χ3n) is 5.37. The Bertz CT molecular complexity index is 911. The third kappa shape index (κ3) is 4.45. The van der Waals surface area contributed by atoms with E-state index in [1.807, 2.05) is 6.07 Å². The van der Waals surface area contributed by atoms with E-state index >= 15 is 0 Å². The molecule has 0 spiro atoms. The number of aliphatic carboxylic acids is 1. The third-order valence-corrected chi connectivity index (χ3v) is 5.37. The number of anilines is 1. The largest absolute Gasteiger partial charge is 0.480 e. The van der Waals surface area contributed by atoms with Gasteiger partial charge >= 0.3 is 5.97 Å². The Balaban J connectivity index is 1.78. The number of aromatic nitrogens is 1. The molecule has 0 aliphatic carbocycles. The Morgan fingerprint density at radius 3 is 2.66 bits per heavy atom. The molecule has 1 fully saturated rings. The molecule has 7 heteroatoms. The highest BCUT2D eigenvalue weighted by Gasteiger charge is 2.33. The maximum Gasteiger partial charge on any atom is 0.326 e. The maximum absolute atomic E-state index is 12.9. The van der Waals surface area contributed by atoms with Gasteiger partial charge in [0.2, 0.25) is 5.91 Å². The summed E-state index contributed by atoms with van der Waals surface area (Å²) >= 11 is 0. The van der Waals surface area contributed by atoms with Crippen molar-refractivity contribution in [2.75, 3.05) is 11.9 Å². The van der Waals surface area contributed by atoms with E-state index in [-0.39, 0.29) is 11.8 Å². The number of rotatable bonds is 5. The van der Waals surface area contributed by atoms with Crippen LogP contribution in [0.4, 0.5) is 5.69 Å². The van der Waals surface area contributed by atoms with Crippen molar-refractivity contribution in [1.29, 1.82) is 0 Å². The summed E-state index contributed by atoms with van der Waals surface area (Å²) in [5.74, 6) is -1.54. The molecule has 1 saturated heterocycles. The summed E-state index contributed by atoms with van der Waals surface area (Å²) in [6, 6.07) is 9.43. The zero-order valence-corrected chi connectivity index (χ0v) is 16.6. The van der Waals surface area contributed by atoms with Gasteiger partial charge in [0.05, 0.1) is 5.41 Å². The number of carbonyl (C=O) groups excluding carboxylic acids is 2. The van der Waals surface area contributed by atoms with Crippen molar-refractivity contribution in [3.05, 3.63) is 59.9 Å². The number of likely N-dealkylation sites (tertiary alicyclic amines) is 1. The number of pyridine rings is 1. The molecule has 2 heterocycles. The normalized spacial score (nSPS) is 16.9. The second kappa shape index (κ2) is 8.43. The Labute approximate surface area is 169 Å². The number of carboxylic acid groups (broad SMARTS) is 1. The van der Waals surface area contributed by atoms with Gasteiger partial charge in [0.25, 0.3) is 5.91 Å². The second-order valence-corrected chi connectivity index (χ2v) is 7.75. The Morgan fingerprint density at radius 1 is 1.17 bits per heavy atom. The molecule has 1 aromatic carbocycles. The van der Waals surface area contributed by atoms with Crippen LogP contribution in [0.1, 0.15) is 49.0 Å². The molecule has 1 aliphatic rings. The van der Waals surface area contributed by atoms with Gasteiger partial charge < -0.3 is 15.3 Å². The predicted octanol–water partition coefficient (Wildman–Crippen LogP) is 3.08. The lowest BCUT2D eigenvalue weighted by molar-refractivity contribution is -0.143. The first kappa shape index (κ1) is 20.5. The van der Waals surface area contributed by atoms with Gasteiger partial charge in [0.15, 0.2) is 0 Å². The highest BCUT2D eigenvalue weighted by atomic mass is 16.4. The molecule has 1 unspecified atom stereocenters. The van der Waals surface area contributed by atoms with E-state index in [0.29, 0.717) is 24.2 Å². The summed E-state index contributed by atoms with van der Waals surface area (Å²) in [5.41, 5.74) is 0.814. The lowest BCUT2D eigenvalue weighted by Crippen LogP contribution is -2.48. The number of carboxylic acids is 1. The van der Waals surface area contributed by atoms with E-state index in [4.69, 9.17) is 0 Å². The van der Waals surface area contributed by atoms with E-state index < -0.39 is 17.4 Å². The van der Waals surface area contributed by atoms with E-state index in [0.717, 1.165) is 18.4 Å². The van der Waals surface area contributed by atoms with E-state index in [1.165, 1.54) is 4.90 Å². The fourth-order valence-corrected chi connectivity index (χ4v) is 3.48. The van der Waals surface area contributed by atoms with Crippen molar-refractivity contribution >= 4 is 23.5 Å². The molecule has 1 aromatic heterocycles. The average molecular weight is 395 g/mol. The van der Waals surface area contributed by atoms with Crippen LogP contribution in [0, 0.1) is 0 Å². The standard InChI is InChI=1S/C22H25N3O4/c1-22(2,16-8-6-11-23-14-16)21(29)24-17-9-5-7-15(13-17)19(26)25-12-4-3-10-18(25)20(27)28/h5-9,11,13-14,18H,3-4,10,12H2,1-2H3,(H,24,29)(H,27,28). The van der Waals surface area contributed by atoms with Crippen molar-refractivity contribution in [2.24, 2.45) is 0 Å². The van der Waals surface area contributed by atoms with Crippen molar-refractivity contribution < 1.29 is 19.5 Å². The molecule has 3 rings (SSSR count). The van der Waals surface area contributed by atoms with Crippen LogP contribution < -0.4 is 5.32 Å². The van der Waals surface area contributed by atoms with Gasteiger partial charge in [-0.25, -0.2) is 4.79 Å². The van der Waals surface area contributed by atoms with E-state index in [9.17, 15) is 19.5 Å². The van der Waals surface area contributed by atoms with Gasteiger partial charge in [-0.1, -0.05) is 12.1 Å². The minimum absolute atomic E-state index is 0.225. The molecule has 1 aliphatic heterocycles. The first-order valence-corrected chi connectivity index (χ1v) is 9.66. The molecule has 29 heavy (non-hydrogen) atoms. The average Bonchev–Trinajstić information content (AvgIpc) is 2.74. The molecule has 2 N–H and O–H groups in total. The van der Waals surface area contributed by atoms with E-state index in [2.05, 4.69) is 10.3 Å². The Morgan fingerprint density at radius 2 is 1.97 bits per heavy atom. The fourth-order valence-electron chi connectivity index (χ4n) is 3.48. The summed E-state index contributed by atoms with van der Waals surface area (Å²) in [5, 5.41) is 12.3. The summed E-state index contributed by atoms with van der Waals surface area (Å²) in [6.07, 6.45) is 5.34. The number of nitrogens with zero attached hydrogens (tertiary/aromatic N) is 2. The summed E-state index contributed by atoms with van der Waals surface area (Å²) in [6.45, 7) is 4.03. The first-order chi connectivity index (χ1) is 13.8. The lowest BCUT2D eigenvalue weighted by Gasteiger charge is -2.33. The lowest BCUT2D eigenvalue weighted by atomic mass is 9.84. The molecule has 2 amide bonds. The molecule has 2 aromatic rings. The molecule has 0 radical (unpaired) electrons. The van der Waals surface area contributed by atoms with Crippen LogP contribution >= 0.6 is 0 Å². The van der Waals surface area contributed by atoms with Crippen LogP contribution in [-0.4, -0.2) is 45.4 Å². The zero-order valence-electron chi connectivity index (χ0n) is 16.6. The Hall–Kier alpha value is -3.22. The molecule has 152 valence electrons. The van der Waals surface area contributed by atoms with Crippen LogP contribution in [0.5, 0.6) is 0 Å². The quantitative estimate of drug-likeness (QED) is 0.810. The van der Waals surface area contributed by atoms with Gasteiger partial charge in [-0.3, -0.25) is 14.6 Å². The second-order valence-electron chi connectivity index (χ2n) is 7.75. The van der Waals surface area contributed by atoms with Gasteiger partial charge in [0, 0.05) is 30.2 Å². The number of benzene rings is 1. The number of hydrogen-bond donors (Lipinski definition) is 2. The topological polar surface area (TPSA) is 99.6 Å². The van der Waals surface area contributed by atoms with Crippen molar-refractivity contribution in [3.8, 4) is 0 Å². The smallest absolute Gasteiger partial charge is 0.326 e. The number of carbonyl (C=O) groups is 3. The SMILES string of the molecule is CC(C)(C(=O)Nc1cccc(C(=O)N2CCCCC2C(=O)O)c1)c1cccnc1. The van der Waals surface area contributed by atoms with Crippen LogP contribution in [0.15, 0.2) is 48.8 Å². The van der Waals surface area contributed by atoms with Crippen LogP contribution in [-0.2, 0) is 15.0 Å². The Kier molecular flexibility index (Phi) is 5.96. The summed E-state index contributed by atoms with van der Waals surface area (Å²) in [7, 11) is 0. The molecule has 1 atom stereocenters. The van der Waals surface area contributed by atoms with Gasteiger partial charge in [-0.05, 0) is 62.9 Å². The highest BCUT2D eigenvalue weighted by molar-refractivity contribution is 6.01. The number of nitrogens with one attached hydrogen (secondary N) is 1. The monoisotopic (exact) mass is 395 g/mol. The van der Waals surface area contributed by atoms with Gasteiger partial charge in [0.1, 0.15) is 6.04 Å². The van der Waals surface area contributed by atoms with Gasteiger partial charge in [-0.15, -0.1) is 0 Å². The minimum Gasteiger partial charge on any atom is -0.480 e. The zero-order chi connectivity index (χ0) is 21.0. The van der Waals surface area contributed by atoms with Crippen LogP contribution in [0.2, 0.25) is 0 Å². The number of amides is 2.